The summed E-state index contributed by atoms with van der Waals surface area (Å²) in [6.07, 6.45) is 2.85. The van der Waals surface area contributed by atoms with Crippen molar-refractivity contribution in [2.75, 3.05) is 13.2 Å². The van der Waals surface area contributed by atoms with E-state index < -0.39 is 0 Å². The zero-order valence-corrected chi connectivity index (χ0v) is 9.33. The van der Waals surface area contributed by atoms with Gasteiger partial charge in [-0.25, -0.2) is 0 Å². The topological polar surface area (TPSA) is 46.6 Å². The van der Waals surface area contributed by atoms with Crippen LogP contribution in [-0.4, -0.2) is 30.3 Å². The van der Waals surface area contributed by atoms with Crippen molar-refractivity contribution in [2.24, 2.45) is 0 Å². The Morgan fingerprint density at radius 3 is 3.13 bits per heavy atom. The fourth-order valence-corrected chi connectivity index (χ4v) is 1.74. The molecule has 0 fully saturated rings. The number of allylic oxidation sites excluding steroid dienone is 1. The minimum atomic E-state index is -0.241. The van der Waals surface area contributed by atoms with Crippen molar-refractivity contribution >= 4 is 24.0 Å². The molecule has 0 atom stereocenters. The lowest BCUT2D eigenvalue weighted by molar-refractivity contribution is -0.143. The quantitative estimate of drug-likeness (QED) is 0.526. The molecule has 82 valence electrons. The van der Waals surface area contributed by atoms with E-state index in [0.717, 1.165) is 6.29 Å². The number of hydrogen-bond acceptors (Lipinski definition) is 5. The molecule has 15 heavy (non-hydrogen) atoms. The van der Waals surface area contributed by atoms with Gasteiger partial charge >= 0.3 is 5.97 Å². The normalized spacial score (nSPS) is 14.7. The van der Waals surface area contributed by atoms with Crippen LogP contribution in [-0.2, 0) is 14.3 Å². The molecule has 0 bridgehead atoms. The van der Waals surface area contributed by atoms with Crippen LogP contribution >= 0.6 is 11.8 Å². The highest BCUT2D eigenvalue weighted by atomic mass is 32.2. The summed E-state index contributed by atoms with van der Waals surface area (Å²) in [6, 6.07) is 0. The summed E-state index contributed by atoms with van der Waals surface area (Å²) in [5, 5.41) is 3.61. The highest BCUT2D eigenvalue weighted by Gasteiger charge is 2.11. The lowest BCUT2D eigenvalue weighted by Crippen LogP contribution is -2.22. The Kier molecular flexibility index (Phi) is 4.97. The van der Waals surface area contributed by atoms with E-state index in [4.69, 9.17) is 4.74 Å². The fraction of sp³-hybridized carbons (Fsp3) is 0.400. The number of thioether (sulfide) groups is 1. The van der Waals surface area contributed by atoms with Crippen molar-refractivity contribution in [3.8, 4) is 0 Å². The maximum Gasteiger partial charge on any atom is 0.307 e. The number of nitrogens with zero attached hydrogens (tertiary/aromatic N) is 1. The molecule has 0 aromatic rings. The third-order valence-electron chi connectivity index (χ3n) is 1.82. The highest BCUT2D eigenvalue weighted by molar-refractivity contribution is 8.05. The van der Waals surface area contributed by atoms with E-state index in [0.29, 0.717) is 18.8 Å². The average Bonchev–Trinajstić information content (AvgIpc) is 2.27. The number of carbonyl (C=O) groups excluding carboxylic acids is 2. The van der Waals surface area contributed by atoms with Crippen LogP contribution in [0.25, 0.3) is 0 Å². The molecule has 0 N–H and O–H groups in total. The molecule has 5 heteroatoms. The van der Waals surface area contributed by atoms with Gasteiger partial charge in [-0.1, -0.05) is 0 Å². The molecule has 1 rings (SSSR count). The van der Waals surface area contributed by atoms with Crippen LogP contribution in [0.1, 0.15) is 13.3 Å². The van der Waals surface area contributed by atoms with E-state index >= 15 is 0 Å². The summed E-state index contributed by atoms with van der Waals surface area (Å²) in [5.74, 6) is -0.241. The second-order valence-electron chi connectivity index (χ2n) is 2.83. The maximum absolute atomic E-state index is 11.1. The molecule has 1 aliphatic rings. The molecule has 0 spiro atoms. The van der Waals surface area contributed by atoms with Crippen LogP contribution < -0.4 is 0 Å². The Morgan fingerprint density at radius 1 is 1.67 bits per heavy atom. The SMILES string of the molecule is CCOC(=O)CCN1C=CSC=C1C=O. The molecule has 0 saturated carbocycles. The van der Waals surface area contributed by atoms with Crippen LogP contribution in [0.3, 0.4) is 0 Å². The predicted molar refractivity (Wildman–Crippen MR) is 58.8 cm³/mol. The van der Waals surface area contributed by atoms with E-state index in [1.165, 1.54) is 11.8 Å². The minimum absolute atomic E-state index is 0.241. The van der Waals surface area contributed by atoms with Crippen molar-refractivity contribution in [1.82, 2.24) is 4.90 Å². The second-order valence-corrected chi connectivity index (χ2v) is 3.61. The molecule has 4 nitrogen and oxygen atoms in total. The number of rotatable bonds is 5. The largest absolute Gasteiger partial charge is 0.466 e. The summed E-state index contributed by atoms with van der Waals surface area (Å²) >= 11 is 1.44. The van der Waals surface area contributed by atoms with E-state index in [2.05, 4.69) is 0 Å². The minimum Gasteiger partial charge on any atom is -0.466 e. The van der Waals surface area contributed by atoms with E-state index in [1.54, 1.807) is 23.4 Å². The number of ether oxygens (including phenoxy) is 1. The Balaban J connectivity index is 2.40. The van der Waals surface area contributed by atoms with E-state index in [9.17, 15) is 9.59 Å². The molecule has 0 amide bonds. The van der Waals surface area contributed by atoms with Gasteiger partial charge in [-0.3, -0.25) is 9.59 Å². The molecule has 0 unspecified atom stereocenters. The Hall–Kier alpha value is -1.23. The smallest absolute Gasteiger partial charge is 0.307 e. The standard InChI is InChI=1S/C10H13NO3S/c1-2-14-10(13)3-4-11-5-6-15-8-9(11)7-12/h5-8H,2-4H2,1H3. The zero-order chi connectivity index (χ0) is 11.1. The first-order valence-corrected chi connectivity index (χ1v) is 5.62. The van der Waals surface area contributed by atoms with Gasteiger partial charge in [0, 0.05) is 18.2 Å². The molecule has 0 aromatic heterocycles. The van der Waals surface area contributed by atoms with E-state index in [-0.39, 0.29) is 12.4 Å². The van der Waals surface area contributed by atoms with Gasteiger partial charge in [-0.2, -0.15) is 0 Å². The van der Waals surface area contributed by atoms with Crippen LogP contribution in [0.4, 0.5) is 0 Å². The molecule has 0 aromatic carbocycles. The first-order valence-electron chi connectivity index (χ1n) is 4.67. The van der Waals surface area contributed by atoms with Crippen LogP contribution in [0.15, 0.2) is 22.7 Å². The summed E-state index contributed by atoms with van der Waals surface area (Å²) in [5.41, 5.74) is 0.576. The highest BCUT2D eigenvalue weighted by Crippen LogP contribution is 2.18. The van der Waals surface area contributed by atoms with Crippen molar-refractivity contribution in [3.63, 3.8) is 0 Å². The molecule has 0 saturated heterocycles. The zero-order valence-electron chi connectivity index (χ0n) is 8.51. The number of esters is 1. The molecule has 0 radical (unpaired) electrons. The molecule has 0 aliphatic carbocycles. The summed E-state index contributed by atoms with van der Waals surface area (Å²) in [6.45, 7) is 2.63. The van der Waals surface area contributed by atoms with Crippen LogP contribution in [0.2, 0.25) is 0 Å². The first kappa shape index (κ1) is 11.8. The van der Waals surface area contributed by atoms with Gasteiger partial charge in [0.25, 0.3) is 0 Å². The van der Waals surface area contributed by atoms with Gasteiger partial charge in [-0.05, 0) is 12.3 Å². The van der Waals surface area contributed by atoms with Crippen molar-refractivity contribution in [3.05, 3.63) is 22.7 Å². The maximum atomic E-state index is 11.1. The lowest BCUT2D eigenvalue weighted by atomic mass is 10.3. The molecule has 1 heterocycles. The third-order valence-corrected chi connectivity index (χ3v) is 2.48. The third kappa shape index (κ3) is 3.79. The molecule has 1 aliphatic heterocycles. The number of aldehydes is 1. The fourth-order valence-electron chi connectivity index (χ4n) is 1.12. The van der Waals surface area contributed by atoms with Crippen molar-refractivity contribution < 1.29 is 14.3 Å². The molecular formula is C10H13NO3S. The monoisotopic (exact) mass is 227 g/mol. The Morgan fingerprint density at radius 2 is 2.47 bits per heavy atom. The van der Waals surface area contributed by atoms with Gasteiger partial charge < -0.3 is 9.64 Å². The van der Waals surface area contributed by atoms with Gasteiger partial charge in [0.1, 0.15) is 0 Å². The second kappa shape index (κ2) is 6.29. The summed E-state index contributed by atoms with van der Waals surface area (Å²) in [7, 11) is 0. The van der Waals surface area contributed by atoms with Crippen LogP contribution in [0, 0.1) is 0 Å². The Labute approximate surface area is 93.0 Å². The van der Waals surface area contributed by atoms with Crippen molar-refractivity contribution in [1.29, 1.82) is 0 Å². The van der Waals surface area contributed by atoms with Crippen molar-refractivity contribution in [2.45, 2.75) is 13.3 Å². The Bertz CT molecular complexity index is 299. The van der Waals surface area contributed by atoms with Crippen LogP contribution in [0.5, 0.6) is 0 Å². The lowest BCUT2D eigenvalue weighted by Gasteiger charge is -2.21. The predicted octanol–water partition coefficient (Wildman–Crippen LogP) is 1.50. The summed E-state index contributed by atoms with van der Waals surface area (Å²) < 4.78 is 4.80. The molecular weight excluding hydrogens is 214 g/mol. The van der Waals surface area contributed by atoms with Gasteiger partial charge in [-0.15, -0.1) is 11.8 Å². The number of carbonyl (C=O) groups is 2. The van der Waals surface area contributed by atoms with Gasteiger partial charge in [0.05, 0.1) is 18.7 Å². The summed E-state index contributed by atoms with van der Waals surface area (Å²) in [4.78, 5) is 23.5. The van der Waals surface area contributed by atoms with Gasteiger partial charge in [0.2, 0.25) is 0 Å². The number of hydrogen-bond donors (Lipinski definition) is 0. The average molecular weight is 227 g/mol. The van der Waals surface area contributed by atoms with E-state index in [1.807, 2.05) is 5.41 Å². The first-order chi connectivity index (χ1) is 7.27. The van der Waals surface area contributed by atoms with Gasteiger partial charge in [0.15, 0.2) is 6.29 Å².